The Morgan fingerprint density at radius 3 is 2.55 bits per heavy atom. The summed E-state index contributed by atoms with van der Waals surface area (Å²) in [5, 5.41) is 0. The molecule has 1 aliphatic rings. The maximum atomic E-state index is 10.6. The van der Waals surface area contributed by atoms with Crippen LogP contribution in [0, 0.1) is 0 Å². The first-order valence-electron chi connectivity index (χ1n) is 3.20. The lowest BCUT2D eigenvalue weighted by atomic mass is 10.3. The normalized spacial score (nSPS) is 17.0. The minimum Gasteiger partial charge on any atom is -0.458 e. The predicted molar refractivity (Wildman–Crippen MR) is 36.8 cm³/mol. The van der Waals surface area contributed by atoms with Crippen molar-refractivity contribution >= 4 is 5.97 Å². The van der Waals surface area contributed by atoms with Crippen molar-refractivity contribution < 1.29 is 19.0 Å². The van der Waals surface area contributed by atoms with Crippen LogP contribution in [0.2, 0.25) is 0 Å². The second kappa shape index (κ2) is 3.50. The molecular formula is C7H10O4. The van der Waals surface area contributed by atoms with Gasteiger partial charge in [0.1, 0.15) is 6.61 Å². The largest absolute Gasteiger partial charge is 0.458 e. The molecule has 0 saturated carbocycles. The van der Waals surface area contributed by atoms with Crippen LogP contribution >= 0.6 is 0 Å². The van der Waals surface area contributed by atoms with Crippen molar-refractivity contribution in [1.29, 1.82) is 0 Å². The molecule has 0 aromatic rings. The van der Waals surface area contributed by atoms with Gasteiger partial charge in [0.15, 0.2) is 6.29 Å². The summed E-state index contributed by atoms with van der Waals surface area (Å²) in [5.74, 6) is -0.334. The molecule has 0 aliphatic carbocycles. The van der Waals surface area contributed by atoms with Crippen LogP contribution in [0.15, 0.2) is 11.6 Å². The molecule has 0 aromatic heterocycles. The zero-order valence-corrected chi connectivity index (χ0v) is 6.49. The van der Waals surface area contributed by atoms with Crippen LogP contribution < -0.4 is 0 Å². The van der Waals surface area contributed by atoms with E-state index in [1.807, 2.05) is 0 Å². The zero-order valence-electron chi connectivity index (χ0n) is 6.49. The van der Waals surface area contributed by atoms with E-state index < -0.39 is 6.29 Å². The van der Waals surface area contributed by atoms with E-state index in [4.69, 9.17) is 9.47 Å². The van der Waals surface area contributed by atoms with E-state index in [-0.39, 0.29) is 12.6 Å². The van der Waals surface area contributed by atoms with Crippen LogP contribution in [0.1, 0.15) is 0 Å². The van der Waals surface area contributed by atoms with E-state index in [0.717, 1.165) is 5.57 Å². The smallest absolute Gasteiger partial charge is 0.331 e. The summed E-state index contributed by atoms with van der Waals surface area (Å²) < 4.78 is 14.5. The molecule has 1 rings (SSSR count). The van der Waals surface area contributed by atoms with Gasteiger partial charge in [0.2, 0.25) is 0 Å². The number of hydrogen-bond donors (Lipinski definition) is 0. The summed E-state index contributed by atoms with van der Waals surface area (Å²) in [6.07, 6.45) is 0.930. The van der Waals surface area contributed by atoms with Crippen molar-refractivity contribution in [2.75, 3.05) is 20.8 Å². The molecule has 0 saturated heterocycles. The van der Waals surface area contributed by atoms with E-state index in [1.165, 1.54) is 20.3 Å². The lowest BCUT2D eigenvalue weighted by Gasteiger charge is -2.12. The Morgan fingerprint density at radius 1 is 1.55 bits per heavy atom. The zero-order chi connectivity index (χ0) is 8.27. The van der Waals surface area contributed by atoms with E-state index in [9.17, 15) is 4.79 Å². The van der Waals surface area contributed by atoms with Crippen LogP contribution in [0.4, 0.5) is 0 Å². The molecule has 62 valence electrons. The van der Waals surface area contributed by atoms with Crippen molar-refractivity contribution in [1.82, 2.24) is 0 Å². The van der Waals surface area contributed by atoms with Crippen LogP contribution in [-0.4, -0.2) is 33.1 Å². The van der Waals surface area contributed by atoms with Crippen molar-refractivity contribution in [2.45, 2.75) is 6.29 Å². The SMILES string of the molecule is COC(OC)C1=CC(=O)OC1. The molecular weight excluding hydrogens is 148 g/mol. The van der Waals surface area contributed by atoms with Gasteiger partial charge in [-0.25, -0.2) is 4.79 Å². The van der Waals surface area contributed by atoms with Crippen LogP contribution in [-0.2, 0) is 19.0 Å². The number of ether oxygens (including phenoxy) is 3. The average molecular weight is 158 g/mol. The van der Waals surface area contributed by atoms with Gasteiger partial charge in [-0.15, -0.1) is 0 Å². The summed E-state index contributed by atoms with van der Waals surface area (Å²) in [6.45, 7) is 0.269. The van der Waals surface area contributed by atoms with Gasteiger partial charge >= 0.3 is 5.97 Å². The number of esters is 1. The fourth-order valence-electron chi connectivity index (χ4n) is 0.924. The van der Waals surface area contributed by atoms with Gasteiger partial charge in [-0.3, -0.25) is 0 Å². The second-order valence-electron chi connectivity index (χ2n) is 2.13. The second-order valence-corrected chi connectivity index (χ2v) is 2.13. The van der Waals surface area contributed by atoms with Crippen molar-refractivity contribution in [3.05, 3.63) is 11.6 Å². The highest BCUT2D eigenvalue weighted by atomic mass is 16.7. The van der Waals surface area contributed by atoms with E-state index in [0.29, 0.717) is 0 Å². The monoisotopic (exact) mass is 158 g/mol. The Labute approximate surface area is 64.7 Å². The Morgan fingerprint density at radius 2 is 2.18 bits per heavy atom. The van der Waals surface area contributed by atoms with Crippen molar-refractivity contribution in [2.24, 2.45) is 0 Å². The maximum Gasteiger partial charge on any atom is 0.331 e. The summed E-state index contributed by atoms with van der Waals surface area (Å²) in [7, 11) is 3.02. The van der Waals surface area contributed by atoms with Gasteiger partial charge in [-0.05, 0) is 0 Å². The van der Waals surface area contributed by atoms with Gasteiger partial charge in [0.25, 0.3) is 0 Å². The Balaban J connectivity index is 2.58. The first kappa shape index (κ1) is 8.23. The summed E-state index contributed by atoms with van der Waals surface area (Å²) in [5.41, 5.74) is 0.722. The molecule has 4 nitrogen and oxygen atoms in total. The molecule has 0 aromatic carbocycles. The molecule has 0 radical (unpaired) electrons. The first-order valence-corrected chi connectivity index (χ1v) is 3.20. The first-order chi connectivity index (χ1) is 5.27. The van der Waals surface area contributed by atoms with Crippen LogP contribution in [0.3, 0.4) is 0 Å². The van der Waals surface area contributed by atoms with Crippen LogP contribution in [0.5, 0.6) is 0 Å². The Kier molecular flexibility index (Phi) is 2.62. The van der Waals surface area contributed by atoms with Gasteiger partial charge < -0.3 is 14.2 Å². The van der Waals surface area contributed by atoms with Gasteiger partial charge in [0.05, 0.1) is 0 Å². The van der Waals surface area contributed by atoms with E-state index >= 15 is 0 Å². The number of methoxy groups -OCH3 is 2. The molecule has 11 heavy (non-hydrogen) atoms. The van der Waals surface area contributed by atoms with E-state index in [2.05, 4.69) is 4.74 Å². The number of cyclic esters (lactones) is 1. The lowest BCUT2D eigenvalue weighted by molar-refractivity contribution is -0.135. The highest BCUT2D eigenvalue weighted by Gasteiger charge is 2.20. The molecule has 0 spiro atoms. The molecule has 0 fully saturated rings. The number of carbonyl (C=O) groups excluding carboxylic acids is 1. The summed E-state index contributed by atoms with van der Waals surface area (Å²) >= 11 is 0. The molecule has 1 heterocycles. The third kappa shape index (κ3) is 1.78. The Bertz CT molecular complexity index is 181. The number of hydrogen-bond acceptors (Lipinski definition) is 4. The third-order valence-corrected chi connectivity index (χ3v) is 1.42. The van der Waals surface area contributed by atoms with Gasteiger partial charge in [0, 0.05) is 25.9 Å². The van der Waals surface area contributed by atoms with Crippen molar-refractivity contribution in [3.63, 3.8) is 0 Å². The molecule has 0 atom stereocenters. The molecule has 0 amide bonds. The standard InChI is InChI=1S/C7H10O4/c1-9-7(10-2)5-3-6(8)11-4-5/h3,7H,4H2,1-2H3. The summed E-state index contributed by atoms with van der Waals surface area (Å²) in [4.78, 5) is 10.6. The lowest BCUT2D eigenvalue weighted by Crippen LogP contribution is -2.16. The number of rotatable bonds is 3. The highest BCUT2D eigenvalue weighted by Crippen LogP contribution is 2.13. The molecule has 1 aliphatic heterocycles. The summed E-state index contributed by atoms with van der Waals surface area (Å²) in [6, 6.07) is 0. The maximum absolute atomic E-state index is 10.6. The fraction of sp³-hybridized carbons (Fsp3) is 0.571. The predicted octanol–water partition coefficient (Wildman–Crippen LogP) is 0.0885. The van der Waals surface area contributed by atoms with Gasteiger partial charge in [-0.1, -0.05) is 0 Å². The van der Waals surface area contributed by atoms with E-state index in [1.54, 1.807) is 0 Å². The van der Waals surface area contributed by atoms with Gasteiger partial charge in [-0.2, -0.15) is 0 Å². The highest BCUT2D eigenvalue weighted by molar-refractivity contribution is 5.85. The van der Waals surface area contributed by atoms with Crippen LogP contribution in [0.25, 0.3) is 0 Å². The third-order valence-electron chi connectivity index (χ3n) is 1.42. The Hall–Kier alpha value is -0.870. The topological polar surface area (TPSA) is 44.8 Å². The minimum atomic E-state index is -0.457. The average Bonchev–Trinajstić information content (AvgIpc) is 2.39. The molecule has 0 bridgehead atoms. The van der Waals surface area contributed by atoms with Crippen molar-refractivity contribution in [3.8, 4) is 0 Å². The quantitative estimate of drug-likeness (QED) is 0.431. The fourth-order valence-corrected chi connectivity index (χ4v) is 0.924. The molecule has 0 N–H and O–H groups in total. The number of carbonyl (C=O) groups is 1. The molecule has 0 unspecified atom stereocenters. The minimum absolute atomic E-state index is 0.269. The molecule has 4 heteroatoms.